The molecule has 0 radical (unpaired) electrons. The van der Waals surface area contributed by atoms with Crippen LogP contribution in [0.15, 0.2) is 29.2 Å². The summed E-state index contributed by atoms with van der Waals surface area (Å²) in [6.45, 7) is 1.11. The lowest BCUT2D eigenvalue weighted by molar-refractivity contribution is 0.0173. The average Bonchev–Trinajstić information content (AvgIpc) is 2.81. The summed E-state index contributed by atoms with van der Waals surface area (Å²) in [7, 11) is -3.52. The van der Waals surface area contributed by atoms with Gasteiger partial charge in [-0.2, -0.15) is 4.31 Å². The molecule has 2 aliphatic heterocycles. The molecule has 0 bridgehead atoms. The van der Waals surface area contributed by atoms with E-state index in [1.165, 1.54) is 16.4 Å². The number of nitrogens with one attached hydrogen (secondary N) is 1. The first-order chi connectivity index (χ1) is 9.91. The van der Waals surface area contributed by atoms with Gasteiger partial charge in [-0.05, 0) is 24.3 Å². The molecule has 1 amide bonds. The topological polar surface area (TPSA) is 75.7 Å². The van der Waals surface area contributed by atoms with Crippen molar-refractivity contribution in [2.75, 3.05) is 19.6 Å². The number of halogens is 1. The summed E-state index contributed by atoms with van der Waals surface area (Å²) >= 11 is 5.78. The highest BCUT2D eigenvalue weighted by Gasteiger charge is 2.45. The Morgan fingerprint density at radius 2 is 1.81 bits per heavy atom. The Balaban J connectivity index is 1.74. The van der Waals surface area contributed by atoms with Crippen LogP contribution in [0.25, 0.3) is 0 Å². The van der Waals surface area contributed by atoms with Gasteiger partial charge >= 0.3 is 6.09 Å². The highest BCUT2D eigenvalue weighted by atomic mass is 35.5. The first-order valence-electron chi connectivity index (χ1n) is 6.64. The first-order valence-corrected chi connectivity index (χ1v) is 8.46. The number of carbonyl (C=O) groups excluding carboxylic acids is 1. The van der Waals surface area contributed by atoms with E-state index in [4.69, 9.17) is 16.3 Å². The third kappa shape index (κ3) is 2.73. The maximum atomic E-state index is 12.5. The summed E-state index contributed by atoms with van der Waals surface area (Å²) in [5, 5.41) is 3.12. The lowest BCUT2D eigenvalue weighted by Gasteiger charge is -2.36. The van der Waals surface area contributed by atoms with E-state index in [2.05, 4.69) is 5.32 Å². The molecule has 6 nitrogen and oxygen atoms in total. The molecule has 1 aromatic rings. The molecular formula is C13H15ClN2O4S. The van der Waals surface area contributed by atoms with Gasteiger partial charge in [0.25, 0.3) is 0 Å². The number of hydrogen-bond donors (Lipinski definition) is 1. The molecule has 0 aliphatic carbocycles. The van der Waals surface area contributed by atoms with Crippen LogP contribution in [0.4, 0.5) is 4.79 Å². The van der Waals surface area contributed by atoms with Crippen molar-refractivity contribution in [2.24, 2.45) is 0 Å². The van der Waals surface area contributed by atoms with Crippen molar-refractivity contribution >= 4 is 27.7 Å². The molecule has 0 unspecified atom stereocenters. The number of rotatable bonds is 2. The fourth-order valence-electron chi connectivity index (χ4n) is 2.67. The van der Waals surface area contributed by atoms with Gasteiger partial charge in [0.05, 0.1) is 11.4 Å². The summed E-state index contributed by atoms with van der Waals surface area (Å²) < 4.78 is 31.8. The molecule has 21 heavy (non-hydrogen) atoms. The summed E-state index contributed by atoms with van der Waals surface area (Å²) in [4.78, 5) is 11.4. The third-order valence-electron chi connectivity index (χ3n) is 3.95. The zero-order valence-electron chi connectivity index (χ0n) is 11.2. The molecule has 2 fully saturated rings. The number of nitrogens with zero attached hydrogens (tertiary/aromatic N) is 1. The van der Waals surface area contributed by atoms with Crippen molar-refractivity contribution in [3.8, 4) is 0 Å². The lowest BCUT2D eigenvalue weighted by atomic mass is 9.93. The maximum Gasteiger partial charge on any atom is 0.407 e. The second kappa shape index (κ2) is 5.15. The van der Waals surface area contributed by atoms with E-state index in [0.717, 1.165) is 0 Å². The van der Waals surface area contributed by atoms with Crippen LogP contribution in [-0.2, 0) is 14.8 Å². The Morgan fingerprint density at radius 1 is 1.19 bits per heavy atom. The molecule has 0 saturated carbocycles. The van der Waals surface area contributed by atoms with Crippen LogP contribution in [-0.4, -0.2) is 44.1 Å². The van der Waals surface area contributed by atoms with E-state index in [1.807, 2.05) is 0 Å². The van der Waals surface area contributed by atoms with Gasteiger partial charge in [-0.1, -0.05) is 11.6 Å². The number of benzene rings is 1. The highest BCUT2D eigenvalue weighted by Crippen LogP contribution is 2.31. The second-order valence-electron chi connectivity index (χ2n) is 5.28. The molecule has 2 saturated heterocycles. The van der Waals surface area contributed by atoms with E-state index < -0.39 is 21.7 Å². The SMILES string of the molecule is O=C1NCC2(CCN(S(=O)(=O)c3ccc(Cl)cc3)CC2)O1. The van der Waals surface area contributed by atoms with Crippen LogP contribution in [0.5, 0.6) is 0 Å². The Bertz CT molecular complexity index is 651. The van der Waals surface area contributed by atoms with Crippen LogP contribution in [0.3, 0.4) is 0 Å². The number of alkyl carbamates (subject to hydrolysis) is 1. The van der Waals surface area contributed by atoms with Crippen molar-refractivity contribution < 1.29 is 17.9 Å². The minimum atomic E-state index is -3.52. The Morgan fingerprint density at radius 3 is 2.33 bits per heavy atom. The van der Waals surface area contributed by atoms with Crippen LogP contribution in [0.2, 0.25) is 5.02 Å². The summed E-state index contributed by atoms with van der Waals surface area (Å²) in [6, 6.07) is 6.11. The van der Waals surface area contributed by atoms with Crippen LogP contribution >= 0.6 is 11.6 Å². The number of amides is 1. The highest BCUT2D eigenvalue weighted by molar-refractivity contribution is 7.89. The number of ether oxygens (including phenoxy) is 1. The Hall–Kier alpha value is -1.31. The van der Waals surface area contributed by atoms with Crippen molar-refractivity contribution in [3.63, 3.8) is 0 Å². The van der Waals surface area contributed by atoms with Gasteiger partial charge in [0, 0.05) is 31.0 Å². The van der Waals surface area contributed by atoms with Gasteiger partial charge in [-0.15, -0.1) is 0 Å². The van der Waals surface area contributed by atoms with Crippen molar-refractivity contribution in [2.45, 2.75) is 23.3 Å². The van der Waals surface area contributed by atoms with Crippen molar-refractivity contribution in [3.05, 3.63) is 29.3 Å². The van der Waals surface area contributed by atoms with Gasteiger partial charge < -0.3 is 10.1 Å². The van der Waals surface area contributed by atoms with Gasteiger partial charge in [0.15, 0.2) is 0 Å². The van der Waals surface area contributed by atoms with Crippen molar-refractivity contribution in [1.82, 2.24) is 9.62 Å². The molecule has 2 heterocycles. The molecule has 1 spiro atoms. The standard InChI is InChI=1S/C13H15ClN2O4S/c14-10-1-3-11(4-2-10)21(18,19)16-7-5-13(6-8-16)9-15-12(17)20-13/h1-4H,5-9H2,(H,15,17). The number of hydrogen-bond acceptors (Lipinski definition) is 4. The average molecular weight is 331 g/mol. The van der Waals surface area contributed by atoms with E-state index in [1.54, 1.807) is 12.1 Å². The van der Waals surface area contributed by atoms with E-state index in [9.17, 15) is 13.2 Å². The monoisotopic (exact) mass is 330 g/mol. The number of sulfonamides is 1. The minimum Gasteiger partial charge on any atom is -0.441 e. The fraction of sp³-hybridized carbons (Fsp3) is 0.462. The number of carbonyl (C=O) groups is 1. The van der Waals surface area contributed by atoms with Crippen LogP contribution < -0.4 is 5.32 Å². The largest absolute Gasteiger partial charge is 0.441 e. The molecule has 0 aromatic heterocycles. The van der Waals surface area contributed by atoms with E-state index in [-0.39, 0.29) is 4.90 Å². The van der Waals surface area contributed by atoms with Gasteiger partial charge in [-0.3, -0.25) is 0 Å². The molecule has 1 aromatic carbocycles. The van der Waals surface area contributed by atoms with Crippen molar-refractivity contribution in [1.29, 1.82) is 0 Å². The third-order valence-corrected chi connectivity index (χ3v) is 6.11. The molecule has 2 aliphatic rings. The zero-order valence-corrected chi connectivity index (χ0v) is 12.8. The Kier molecular flexibility index (Phi) is 3.59. The van der Waals surface area contributed by atoms with E-state index >= 15 is 0 Å². The smallest absolute Gasteiger partial charge is 0.407 e. The molecular weight excluding hydrogens is 316 g/mol. The molecule has 3 rings (SSSR count). The van der Waals surface area contributed by atoms with Gasteiger partial charge in [0.2, 0.25) is 10.0 Å². The molecule has 8 heteroatoms. The fourth-order valence-corrected chi connectivity index (χ4v) is 4.24. The van der Waals surface area contributed by atoms with Gasteiger partial charge in [0.1, 0.15) is 5.60 Å². The Labute approximate surface area is 128 Å². The minimum absolute atomic E-state index is 0.226. The van der Waals surface area contributed by atoms with Crippen LogP contribution in [0, 0.1) is 0 Å². The first kappa shape index (κ1) is 14.6. The maximum absolute atomic E-state index is 12.5. The molecule has 1 N–H and O–H groups in total. The van der Waals surface area contributed by atoms with Gasteiger partial charge in [-0.25, -0.2) is 13.2 Å². The summed E-state index contributed by atoms with van der Waals surface area (Å²) in [5.41, 5.74) is -0.552. The summed E-state index contributed by atoms with van der Waals surface area (Å²) in [5.74, 6) is 0. The van der Waals surface area contributed by atoms with Crippen LogP contribution in [0.1, 0.15) is 12.8 Å². The second-order valence-corrected chi connectivity index (χ2v) is 7.66. The zero-order chi connectivity index (χ0) is 15.1. The van der Waals surface area contributed by atoms with E-state index in [0.29, 0.717) is 37.5 Å². The molecule has 114 valence electrons. The summed E-state index contributed by atoms with van der Waals surface area (Å²) in [6.07, 6.45) is 0.570. The quantitative estimate of drug-likeness (QED) is 0.893. The lowest BCUT2D eigenvalue weighted by Crippen LogP contribution is -2.48. The predicted octanol–water partition coefficient (Wildman–Crippen LogP) is 1.60. The normalized spacial score (nSPS) is 22.0. The predicted molar refractivity (Wildman–Crippen MR) is 76.7 cm³/mol. The number of piperidine rings is 1. The molecule has 0 atom stereocenters.